The Morgan fingerprint density at radius 1 is 0.812 bits per heavy atom. The van der Waals surface area contributed by atoms with Crippen molar-refractivity contribution in [3.05, 3.63) is 76.3 Å². The number of hydrogen-bond acceptors (Lipinski definition) is 7. The third-order valence-corrected chi connectivity index (χ3v) is 5.24. The van der Waals surface area contributed by atoms with Gasteiger partial charge in [0, 0.05) is 5.56 Å². The Balaban J connectivity index is 1.99. The van der Waals surface area contributed by atoms with E-state index in [1.54, 1.807) is 76.6 Å². The average molecular weight is 430 g/mol. The maximum atomic E-state index is 13.1. The van der Waals surface area contributed by atoms with E-state index in [1.165, 1.54) is 6.07 Å². The molecule has 4 aromatic rings. The summed E-state index contributed by atoms with van der Waals surface area (Å²) in [7, 11) is 3.16. The highest BCUT2D eigenvalue weighted by Gasteiger charge is 2.20. The van der Waals surface area contributed by atoms with E-state index in [0.29, 0.717) is 50.6 Å². The van der Waals surface area contributed by atoms with Gasteiger partial charge >= 0.3 is 0 Å². The molecule has 32 heavy (non-hydrogen) atoms. The van der Waals surface area contributed by atoms with Crippen molar-refractivity contribution >= 4 is 22.1 Å². The first-order valence-corrected chi connectivity index (χ1v) is 9.93. The van der Waals surface area contributed by atoms with Gasteiger partial charge in [0.15, 0.2) is 11.2 Å². The lowest BCUT2D eigenvalue weighted by atomic mass is 10.1. The zero-order valence-electron chi connectivity index (χ0n) is 18.2. The van der Waals surface area contributed by atoms with E-state index in [4.69, 9.17) is 13.9 Å². The van der Waals surface area contributed by atoms with Crippen LogP contribution in [0.15, 0.2) is 74.0 Å². The molecule has 7 heteroatoms. The van der Waals surface area contributed by atoms with Gasteiger partial charge in [-0.3, -0.25) is 4.79 Å². The van der Waals surface area contributed by atoms with E-state index in [1.807, 2.05) is 0 Å². The van der Waals surface area contributed by atoms with Crippen molar-refractivity contribution < 1.29 is 19.0 Å². The molecule has 0 bridgehead atoms. The second-order valence-corrected chi connectivity index (χ2v) is 7.21. The molecule has 4 rings (SSSR count). The maximum Gasteiger partial charge on any atom is 0.190 e. The van der Waals surface area contributed by atoms with Gasteiger partial charge in [0.25, 0.3) is 0 Å². The summed E-state index contributed by atoms with van der Waals surface area (Å²) in [4.78, 5) is 13.1. The number of benzene rings is 2. The molecule has 1 aromatic heterocycles. The molecule has 7 nitrogen and oxygen atoms in total. The molecule has 162 valence electrons. The lowest BCUT2D eigenvalue weighted by Crippen LogP contribution is -1.96. The van der Waals surface area contributed by atoms with Crippen LogP contribution in [0.5, 0.6) is 17.2 Å². The van der Waals surface area contributed by atoms with Crippen LogP contribution in [0, 0.1) is 13.8 Å². The summed E-state index contributed by atoms with van der Waals surface area (Å²) < 4.78 is 16.0. The second kappa shape index (κ2) is 8.55. The molecule has 0 spiro atoms. The summed E-state index contributed by atoms with van der Waals surface area (Å²) in [6, 6.07) is 15.6. The Hall–Kier alpha value is -4.13. The van der Waals surface area contributed by atoms with Crippen LogP contribution in [0.2, 0.25) is 0 Å². The van der Waals surface area contributed by atoms with E-state index in [2.05, 4.69) is 10.2 Å². The van der Waals surface area contributed by atoms with Crippen LogP contribution in [0.3, 0.4) is 0 Å². The zero-order valence-corrected chi connectivity index (χ0v) is 18.2. The highest BCUT2D eigenvalue weighted by molar-refractivity contribution is 5.98. The molecule has 0 saturated heterocycles. The average Bonchev–Trinajstić information content (AvgIpc) is 3.05. The predicted octanol–water partition coefficient (Wildman–Crippen LogP) is 6.22. The van der Waals surface area contributed by atoms with Gasteiger partial charge in [-0.15, -0.1) is 5.11 Å². The SMILES string of the molecule is COc1ccc(N=Nc2c(-c3ccc(OC)cc3)cc(=O)c3c(C)oc(C)c3c2O)cc1. The molecule has 0 aliphatic carbocycles. The smallest absolute Gasteiger partial charge is 0.190 e. The minimum absolute atomic E-state index is 0.167. The summed E-state index contributed by atoms with van der Waals surface area (Å²) in [5.41, 5.74) is 1.59. The summed E-state index contributed by atoms with van der Waals surface area (Å²) in [6.45, 7) is 3.40. The second-order valence-electron chi connectivity index (χ2n) is 7.21. The first-order chi connectivity index (χ1) is 15.4. The van der Waals surface area contributed by atoms with Crippen molar-refractivity contribution in [1.29, 1.82) is 0 Å². The normalized spacial score (nSPS) is 11.2. The van der Waals surface area contributed by atoms with Crippen LogP contribution in [0.25, 0.3) is 21.9 Å². The number of azo groups is 1. The molecule has 1 heterocycles. The molecular weight excluding hydrogens is 408 g/mol. The third kappa shape index (κ3) is 3.80. The molecule has 0 saturated carbocycles. The first-order valence-electron chi connectivity index (χ1n) is 9.93. The summed E-state index contributed by atoms with van der Waals surface area (Å²) in [6.07, 6.45) is 0. The number of aryl methyl sites for hydroxylation is 2. The van der Waals surface area contributed by atoms with Crippen LogP contribution >= 0.6 is 0 Å². The van der Waals surface area contributed by atoms with Crippen molar-refractivity contribution in [1.82, 2.24) is 0 Å². The Bertz CT molecular complexity index is 1370. The standard InChI is InChI=1S/C25H22N2O5/c1-14-22-21(28)13-20(16-5-9-18(30-3)10-6-16)24(25(29)23(22)15(2)32-14)27-26-17-7-11-19(31-4)12-8-17/h5-13,29H,1-4H3. The van der Waals surface area contributed by atoms with E-state index in [0.717, 1.165) is 0 Å². The predicted molar refractivity (Wildman–Crippen MR) is 123 cm³/mol. The van der Waals surface area contributed by atoms with Gasteiger partial charge in [0.05, 0.1) is 30.7 Å². The topological polar surface area (TPSA) is 93.6 Å². The maximum absolute atomic E-state index is 13.1. The van der Waals surface area contributed by atoms with E-state index < -0.39 is 0 Å². The lowest BCUT2D eigenvalue weighted by molar-refractivity contribution is 0.414. The number of methoxy groups -OCH3 is 2. The van der Waals surface area contributed by atoms with Gasteiger partial charge in [0.2, 0.25) is 0 Å². The third-order valence-electron chi connectivity index (χ3n) is 5.24. The van der Waals surface area contributed by atoms with E-state index in [-0.39, 0.29) is 16.9 Å². The van der Waals surface area contributed by atoms with Crippen molar-refractivity contribution in [3.8, 4) is 28.4 Å². The minimum atomic E-state index is -0.277. The Labute approximate surface area is 184 Å². The number of fused-ring (bicyclic) bond motifs is 1. The highest BCUT2D eigenvalue weighted by Crippen LogP contribution is 2.43. The highest BCUT2D eigenvalue weighted by atomic mass is 16.5. The number of rotatable bonds is 5. The molecule has 1 N–H and O–H groups in total. The quantitative estimate of drug-likeness (QED) is 0.380. The fourth-order valence-corrected chi connectivity index (χ4v) is 3.63. The lowest BCUT2D eigenvalue weighted by Gasteiger charge is -2.06. The Morgan fingerprint density at radius 3 is 1.97 bits per heavy atom. The fraction of sp³-hybridized carbons (Fsp3) is 0.160. The van der Waals surface area contributed by atoms with Crippen LogP contribution < -0.4 is 14.9 Å². The Kier molecular flexibility index (Phi) is 5.64. The van der Waals surface area contributed by atoms with Gasteiger partial charge in [-0.2, -0.15) is 5.11 Å². The summed E-state index contributed by atoms with van der Waals surface area (Å²) in [5, 5.41) is 20.5. The van der Waals surface area contributed by atoms with E-state index in [9.17, 15) is 9.90 Å². The van der Waals surface area contributed by atoms with Gasteiger partial charge in [-0.05, 0) is 61.9 Å². The van der Waals surface area contributed by atoms with Gasteiger partial charge < -0.3 is 19.0 Å². The van der Waals surface area contributed by atoms with Crippen LogP contribution in [0.1, 0.15) is 11.5 Å². The van der Waals surface area contributed by atoms with Crippen molar-refractivity contribution in [2.24, 2.45) is 10.2 Å². The largest absolute Gasteiger partial charge is 0.505 e. The van der Waals surface area contributed by atoms with E-state index >= 15 is 0 Å². The molecule has 0 radical (unpaired) electrons. The van der Waals surface area contributed by atoms with Gasteiger partial charge in [-0.1, -0.05) is 12.1 Å². The first kappa shape index (κ1) is 21.1. The van der Waals surface area contributed by atoms with Crippen molar-refractivity contribution in [3.63, 3.8) is 0 Å². The van der Waals surface area contributed by atoms with Crippen LogP contribution in [0.4, 0.5) is 11.4 Å². The Morgan fingerprint density at radius 2 is 1.38 bits per heavy atom. The molecule has 0 amide bonds. The van der Waals surface area contributed by atoms with Gasteiger partial charge in [0.1, 0.15) is 28.7 Å². The zero-order chi connectivity index (χ0) is 22.8. The molecule has 0 aliphatic heterocycles. The minimum Gasteiger partial charge on any atom is -0.505 e. The van der Waals surface area contributed by atoms with Crippen molar-refractivity contribution in [2.45, 2.75) is 13.8 Å². The number of hydrogen-bond donors (Lipinski definition) is 1. The molecule has 3 aromatic carbocycles. The van der Waals surface area contributed by atoms with Crippen LogP contribution in [-0.2, 0) is 0 Å². The van der Waals surface area contributed by atoms with Crippen LogP contribution in [-0.4, -0.2) is 19.3 Å². The summed E-state index contributed by atoms with van der Waals surface area (Å²) in [5.74, 6) is 2.07. The number of furan rings is 1. The monoisotopic (exact) mass is 430 g/mol. The number of ether oxygens (including phenoxy) is 2. The fourth-order valence-electron chi connectivity index (χ4n) is 3.63. The summed E-state index contributed by atoms with van der Waals surface area (Å²) >= 11 is 0. The molecule has 0 aliphatic rings. The number of nitrogens with zero attached hydrogens (tertiary/aromatic N) is 2. The van der Waals surface area contributed by atoms with Gasteiger partial charge in [-0.25, -0.2) is 0 Å². The number of aromatic hydroxyl groups is 1. The molecule has 0 fully saturated rings. The molecule has 0 unspecified atom stereocenters. The van der Waals surface area contributed by atoms with Crippen molar-refractivity contribution in [2.75, 3.05) is 14.2 Å². The molecular formula is C25H22N2O5. The molecule has 0 atom stereocenters.